The Morgan fingerprint density at radius 2 is 1.82 bits per heavy atom. The topological polar surface area (TPSA) is 99.4 Å². The van der Waals surface area contributed by atoms with Crippen molar-refractivity contribution in [3.8, 4) is 22.8 Å². The normalized spacial score (nSPS) is 10.7. The number of aryl methyl sites for hydroxylation is 1. The maximum absolute atomic E-state index is 13.4. The van der Waals surface area contributed by atoms with Crippen molar-refractivity contribution in [2.45, 2.75) is 26.3 Å². The molecule has 0 aliphatic heterocycles. The first-order chi connectivity index (χ1) is 16.1. The van der Waals surface area contributed by atoms with Gasteiger partial charge in [-0.25, -0.2) is 9.97 Å². The number of nitrogens with zero attached hydrogens (tertiary/aromatic N) is 4. The Morgan fingerprint density at radius 3 is 2.52 bits per heavy atom. The van der Waals surface area contributed by atoms with Crippen LogP contribution in [0.25, 0.3) is 11.3 Å². The summed E-state index contributed by atoms with van der Waals surface area (Å²) in [7, 11) is 0. The van der Waals surface area contributed by atoms with Crippen molar-refractivity contribution < 1.29 is 15.0 Å². The Morgan fingerprint density at radius 1 is 1.00 bits per heavy atom. The molecule has 4 rings (SSSR count). The van der Waals surface area contributed by atoms with E-state index in [2.05, 4.69) is 21.9 Å². The fourth-order valence-corrected chi connectivity index (χ4v) is 3.67. The monoisotopic (exact) mass is 440 g/mol. The second-order valence-electron chi connectivity index (χ2n) is 7.65. The molecule has 4 aromatic rings. The number of carbonyl (C=O) groups is 1. The molecule has 2 aromatic carbocycles. The highest BCUT2D eigenvalue weighted by atomic mass is 16.3. The van der Waals surface area contributed by atoms with E-state index in [0.29, 0.717) is 5.69 Å². The van der Waals surface area contributed by atoms with Gasteiger partial charge in [0, 0.05) is 35.9 Å². The summed E-state index contributed by atoms with van der Waals surface area (Å²) in [6.07, 6.45) is 8.61. The van der Waals surface area contributed by atoms with E-state index >= 15 is 0 Å². The molecule has 2 N–H and O–H groups in total. The molecule has 0 spiro atoms. The van der Waals surface area contributed by atoms with Gasteiger partial charge in [0.2, 0.25) is 0 Å². The van der Waals surface area contributed by atoms with Gasteiger partial charge in [-0.2, -0.15) is 0 Å². The second-order valence-corrected chi connectivity index (χ2v) is 7.65. The zero-order valence-corrected chi connectivity index (χ0v) is 18.2. The summed E-state index contributed by atoms with van der Waals surface area (Å²) in [5.74, 6) is -0.782. The SMILES string of the molecule is CCCc1cncnc1-c1ccc(N(Cc2cccnc2)C(=O)c2ccc(O)cc2O)cc1. The van der Waals surface area contributed by atoms with E-state index in [4.69, 9.17) is 0 Å². The van der Waals surface area contributed by atoms with Crippen molar-refractivity contribution in [1.29, 1.82) is 0 Å². The minimum absolute atomic E-state index is 0.0989. The number of aromatic hydroxyl groups is 2. The third kappa shape index (κ3) is 4.98. The molecule has 0 bridgehead atoms. The van der Waals surface area contributed by atoms with Gasteiger partial charge in [0.25, 0.3) is 5.91 Å². The smallest absolute Gasteiger partial charge is 0.262 e. The standard InChI is InChI=1S/C26H24N4O3/c1-2-4-20-15-28-17-29-25(20)19-6-8-21(9-7-19)30(16-18-5-3-12-27-14-18)26(33)23-11-10-22(31)13-24(23)32/h3,5-15,17,31-32H,2,4,16H2,1H3. The van der Waals surface area contributed by atoms with Crippen molar-refractivity contribution in [2.75, 3.05) is 4.90 Å². The number of amides is 1. The van der Waals surface area contributed by atoms with Crippen LogP contribution in [0.15, 0.2) is 79.5 Å². The van der Waals surface area contributed by atoms with Gasteiger partial charge in [-0.15, -0.1) is 0 Å². The highest BCUT2D eigenvalue weighted by Crippen LogP contribution is 2.29. The summed E-state index contributed by atoms with van der Waals surface area (Å²) < 4.78 is 0. The number of carbonyl (C=O) groups excluding carboxylic acids is 1. The Hall–Kier alpha value is -4.26. The number of phenols is 2. The van der Waals surface area contributed by atoms with Gasteiger partial charge in [0.1, 0.15) is 17.8 Å². The zero-order valence-electron chi connectivity index (χ0n) is 18.2. The largest absolute Gasteiger partial charge is 0.508 e. The fraction of sp³-hybridized carbons (Fsp3) is 0.154. The minimum Gasteiger partial charge on any atom is -0.508 e. The average molecular weight is 441 g/mol. The van der Waals surface area contributed by atoms with Gasteiger partial charge >= 0.3 is 0 Å². The predicted molar refractivity (Wildman–Crippen MR) is 126 cm³/mol. The molecule has 166 valence electrons. The minimum atomic E-state index is -0.391. The molecule has 2 heterocycles. The van der Waals surface area contributed by atoms with Crippen LogP contribution < -0.4 is 4.90 Å². The first-order valence-electron chi connectivity index (χ1n) is 10.7. The van der Waals surface area contributed by atoms with Crippen LogP contribution in [0.2, 0.25) is 0 Å². The first kappa shape index (κ1) is 22.0. The first-order valence-corrected chi connectivity index (χ1v) is 10.7. The molecule has 0 radical (unpaired) electrons. The summed E-state index contributed by atoms with van der Waals surface area (Å²) in [5, 5.41) is 19.9. The Kier molecular flexibility index (Phi) is 6.59. The van der Waals surface area contributed by atoms with Crippen LogP contribution in [0.1, 0.15) is 34.8 Å². The van der Waals surface area contributed by atoms with Crippen molar-refractivity contribution in [3.05, 3.63) is 96.2 Å². The average Bonchev–Trinajstić information content (AvgIpc) is 2.84. The molecule has 33 heavy (non-hydrogen) atoms. The van der Waals surface area contributed by atoms with Crippen LogP contribution in [-0.2, 0) is 13.0 Å². The van der Waals surface area contributed by atoms with E-state index in [-0.39, 0.29) is 23.6 Å². The van der Waals surface area contributed by atoms with Crippen LogP contribution in [0.5, 0.6) is 11.5 Å². The molecule has 0 saturated heterocycles. The molecule has 2 aromatic heterocycles. The summed E-state index contributed by atoms with van der Waals surface area (Å²) in [5.41, 5.74) is 4.48. The molecule has 0 unspecified atom stereocenters. The number of hydrogen-bond donors (Lipinski definition) is 2. The molecule has 1 amide bonds. The molecule has 0 aliphatic carbocycles. The van der Waals surface area contributed by atoms with Crippen LogP contribution in [-0.4, -0.2) is 31.1 Å². The van der Waals surface area contributed by atoms with Crippen LogP contribution >= 0.6 is 0 Å². The summed E-state index contributed by atoms with van der Waals surface area (Å²) in [6, 6.07) is 15.2. The third-order valence-electron chi connectivity index (χ3n) is 5.28. The van der Waals surface area contributed by atoms with E-state index in [0.717, 1.165) is 41.3 Å². The van der Waals surface area contributed by atoms with Crippen molar-refractivity contribution in [2.24, 2.45) is 0 Å². The zero-order chi connectivity index (χ0) is 23.2. The molecule has 7 heteroatoms. The van der Waals surface area contributed by atoms with Gasteiger partial charge in [0.15, 0.2) is 0 Å². The number of aromatic nitrogens is 3. The van der Waals surface area contributed by atoms with E-state index in [1.54, 1.807) is 17.3 Å². The van der Waals surface area contributed by atoms with Crippen molar-refractivity contribution in [3.63, 3.8) is 0 Å². The van der Waals surface area contributed by atoms with Gasteiger partial charge in [-0.1, -0.05) is 31.5 Å². The lowest BCUT2D eigenvalue weighted by Crippen LogP contribution is -2.30. The number of pyridine rings is 1. The Balaban J connectivity index is 1.71. The summed E-state index contributed by atoms with van der Waals surface area (Å²) in [4.78, 5) is 27.7. The lowest BCUT2D eigenvalue weighted by molar-refractivity contribution is 0.0982. The Bertz CT molecular complexity index is 1240. The lowest BCUT2D eigenvalue weighted by Gasteiger charge is -2.24. The number of hydrogen-bond acceptors (Lipinski definition) is 6. The number of phenolic OH excluding ortho intramolecular Hbond substituents is 2. The van der Waals surface area contributed by atoms with Gasteiger partial charge in [-0.05, 0) is 47.9 Å². The predicted octanol–water partition coefficient (Wildman–Crippen LogP) is 4.75. The van der Waals surface area contributed by atoms with Crippen molar-refractivity contribution in [1.82, 2.24) is 15.0 Å². The number of rotatable bonds is 7. The molecule has 0 aliphatic rings. The molecule has 0 fully saturated rings. The quantitative estimate of drug-likeness (QED) is 0.430. The fourth-order valence-electron chi connectivity index (χ4n) is 3.67. The van der Waals surface area contributed by atoms with Gasteiger partial charge in [0.05, 0.1) is 17.8 Å². The number of benzene rings is 2. The van der Waals surface area contributed by atoms with Gasteiger partial charge < -0.3 is 15.1 Å². The van der Waals surface area contributed by atoms with E-state index in [1.807, 2.05) is 42.6 Å². The second kappa shape index (κ2) is 9.91. The maximum atomic E-state index is 13.4. The molecular weight excluding hydrogens is 416 g/mol. The van der Waals surface area contributed by atoms with Crippen molar-refractivity contribution >= 4 is 11.6 Å². The summed E-state index contributed by atoms with van der Waals surface area (Å²) >= 11 is 0. The molecule has 7 nitrogen and oxygen atoms in total. The van der Waals surface area contributed by atoms with Crippen LogP contribution in [0, 0.1) is 0 Å². The van der Waals surface area contributed by atoms with E-state index in [1.165, 1.54) is 18.5 Å². The third-order valence-corrected chi connectivity index (χ3v) is 5.28. The maximum Gasteiger partial charge on any atom is 0.262 e. The lowest BCUT2D eigenvalue weighted by atomic mass is 10.0. The highest BCUT2D eigenvalue weighted by Gasteiger charge is 2.22. The molecule has 0 saturated carbocycles. The highest BCUT2D eigenvalue weighted by molar-refractivity contribution is 6.08. The van der Waals surface area contributed by atoms with E-state index in [9.17, 15) is 15.0 Å². The van der Waals surface area contributed by atoms with E-state index < -0.39 is 5.91 Å². The Labute approximate surface area is 192 Å². The molecular formula is C26H24N4O3. The van der Waals surface area contributed by atoms with Gasteiger partial charge in [-0.3, -0.25) is 9.78 Å². The number of anilines is 1. The van der Waals surface area contributed by atoms with Crippen LogP contribution in [0.3, 0.4) is 0 Å². The molecule has 0 atom stereocenters. The summed E-state index contributed by atoms with van der Waals surface area (Å²) in [6.45, 7) is 2.38. The van der Waals surface area contributed by atoms with Crippen LogP contribution in [0.4, 0.5) is 5.69 Å².